The van der Waals surface area contributed by atoms with Crippen LogP contribution < -0.4 is 18.9 Å². The lowest BCUT2D eigenvalue weighted by molar-refractivity contribution is 0.0683. The van der Waals surface area contributed by atoms with Crippen molar-refractivity contribution >= 4 is 23.1 Å². The van der Waals surface area contributed by atoms with Crippen LogP contribution in [0.4, 0.5) is 0 Å². The molecule has 672 valence electrons. The number of rotatable bonds is 26. The molecule has 4 aliphatic rings. The molecule has 0 saturated heterocycles. The highest BCUT2D eigenvalue weighted by atomic mass is 16.5. The number of ketones is 4. The van der Waals surface area contributed by atoms with Crippen LogP contribution in [0.25, 0.3) is 0 Å². The van der Waals surface area contributed by atoms with Crippen molar-refractivity contribution in [3.05, 3.63) is 234 Å². The number of allylic oxidation sites excluding steroid dienone is 12. The average molecular weight is 1730 g/mol. The van der Waals surface area contributed by atoms with Crippen molar-refractivity contribution in [3.63, 3.8) is 0 Å². The first-order chi connectivity index (χ1) is 59.2. The van der Waals surface area contributed by atoms with Gasteiger partial charge in [-0.15, -0.1) is 0 Å². The Kier molecular flexibility index (Phi) is 32.2. The van der Waals surface area contributed by atoms with E-state index in [0.29, 0.717) is 77.5 Å². The third-order valence-corrected chi connectivity index (χ3v) is 22.0. The first-order valence-corrected chi connectivity index (χ1v) is 41.8. The summed E-state index contributed by atoms with van der Waals surface area (Å²) in [5.74, 6) is -5.26. The number of fused-ring (bicyclic) bond motifs is 4. The SMILES string of the molecule is C/C(=C\Cc1c([C@@H]2CC(=O)c3c(O)cc(O)cc3O2)ccc(O)c1O)CCCC(C)(C)O.C/C(=C\Cc1cc([C@@H]2CC(=O)c3c(O)cc(O)cc3O2)cc(O)c1O)CCCC(C)(C)O.CC(C)=CCC/C(C)=C/Cc1c(O)cc2c(c1O)C(=O)C[C@@H](c1ccc(O)c(O)c1)O2.CC(C)=CCC/C(C)=C/Cc1c([C@@H]2CC(=O)c3c(O)cc(O)cc3O2)ccc(O)c1O. The largest absolute Gasteiger partial charge is 0.508 e. The zero-order valence-electron chi connectivity index (χ0n) is 73.1. The van der Waals surface area contributed by atoms with E-state index in [1.54, 1.807) is 52.0 Å². The lowest BCUT2D eigenvalue weighted by atomic mass is 9.90. The fourth-order valence-electron chi connectivity index (χ4n) is 15.1. The fraction of sp³-hybridized carbons (Fsp3) is 0.360. The van der Waals surface area contributed by atoms with Gasteiger partial charge in [-0.2, -0.15) is 0 Å². The van der Waals surface area contributed by atoms with Gasteiger partial charge in [0.25, 0.3) is 0 Å². The third-order valence-electron chi connectivity index (χ3n) is 22.0. The van der Waals surface area contributed by atoms with Crippen molar-refractivity contribution in [1.82, 2.24) is 0 Å². The molecule has 126 heavy (non-hydrogen) atoms. The van der Waals surface area contributed by atoms with E-state index in [0.717, 1.165) is 91.9 Å². The number of phenolic OH excluding ortho intramolecular Hbond substituents is 16. The molecule has 18 N–H and O–H groups in total. The number of hydrogen-bond acceptors (Lipinski definition) is 26. The molecule has 4 atom stereocenters. The Morgan fingerprint density at radius 1 is 0.325 bits per heavy atom. The van der Waals surface area contributed by atoms with Crippen LogP contribution in [0.3, 0.4) is 0 Å². The molecule has 0 fully saturated rings. The zero-order chi connectivity index (χ0) is 92.7. The molecular weight excluding hydrogens is 1620 g/mol. The summed E-state index contributed by atoms with van der Waals surface area (Å²) >= 11 is 0. The molecular formula is C100H116O26. The van der Waals surface area contributed by atoms with Gasteiger partial charge in [0, 0.05) is 75.8 Å². The number of benzene rings is 8. The van der Waals surface area contributed by atoms with E-state index >= 15 is 0 Å². The molecule has 4 aliphatic heterocycles. The molecule has 26 heteroatoms. The van der Waals surface area contributed by atoms with Crippen LogP contribution in [0.2, 0.25) is 0 Å². The number of aromatic hydroxyl groups is 16. The number of ether oxygens (including phenoxy) is 4. The topological polar surface area (TPSA) is 469 Å². The predicted octanol–water partition coefficient (Wildman–Crippen LogP) is 20.2. The van der Waals surface area contributed by atoms with E-state index < -0.39 is 35.6 Å². The summed E-state index contributed by atoms with van der Waals surface area (Å²) in [5, 5.41) is 181. The van der Waals surface area contributed by atoms with Gasteiger partial charge in [-0.3, -0.25) is 19.2 Å². The van der Waals surface area contributed by atoms with Gasteiger partial charge in [0.15, 0.2) is 69.1 Å². The second-order valence-electron chi connectivity index (χ2n) is 34.3. The molecule has 0 aromatic heterocycles. The summed E-state index contributed by atoms with van der Waals surface area (Å²) in [4.78, 5) is 50.7. The van der Waals surface area contributed by atoms with Crippen LogP contribution >= 0.6 is 0 Å². The quantitative estimate of drug-likeness (QED) is 0.0177. The van der Waals surface area contributed by atoms with Crippen molar-refractivity contribution in [3.8, 4) is 115 Å². The Bertz CT molecular complexity index is 5570. The maximum Gasteiger partial charge on any atom is 0.174 e. The van der Waals surface area contributed by atoms with Crippen LogP contribution in [-0.2, 0) is 25.7 Å². The highest BCUT2D eigenvalue weighted by Crippen LogP contribution is 2.51. The summed E-state index contributed by atoms with van der Waals surface area (Å²) in [5.41, 5.74) is 9.50. The molecule has 26 nitrogen and oxygen atoms in total. The Hall–Kier alpha value is -13.2. The number of phenols is 16. The van der Waals surface area contributed by atoms with Crippen LogP contribution in [0.1, 0.15) is 283 Å². The van der Waals surface area contributed by atoms with Gasteiger partial charge in [0.05, 0.1) is 36.9 Å². The first kappa shape index (κ1) is 96.6. The predicted molar refractivity (Wildman–Crippen MR) is 475 cm³/mol. The fourth-order valence-corrected chi connectivity index (χ4v) is 15.1. The Morgan fingerprint density at radius 2 is 0.675 bits per heavy atom. The third kappa shape index (κ3) is 25.7. The monoisotopic (exact) mass is 1730 g/mol. The smallest absolute Gasteiger partial charge is 0.174 e. The normalized spacial score (nSPS) is 16.2. The zero-order valence-corrected chi connectivity index (χ0v) is 73.1. The van der Waals surface area contributed by atoms with E-state index in [4.69, 9.17) is 18.9 Å². The lowest BCUT2D eigenvalue weighted by Gasteiger charge is -2.28. The number of hydrogen-bond donors (Lipinski definition) is 18. The first-order valence-electron chi connectivity index (χ1n) is 41.8. The maximum absolute atomic E-state index is 12.8. The second kappa shape index (κ2) is 42.0. The van der Waals surface area contributed by atoms with Crippen LogP contribution in [-0.4, -0.2) is 126 Å². The van der Waals surface area contributed by atoms with E-state index in [1.807, 2.05) is 52.0 Å². The molecule has 0 bridgehead atoms. The van der Waals surface area contributed by atoms with Crippen LogP contribution in [0.15, 0.2) is 167 Å². The molecule has 8 aromatic rings. The van der Waals surface area contributed by atoms with Crippen molar-refractivity contribution in [2.75, 3.05) is 0 Å². The number of Topliss-reactive ketones (excluding diaryl/α,β-unsaturated/α-hetero) is 4. The van der Waals surface area contributed by atoms with Gasteiger partial charge in [0.1, 0.15) is 116 Å². The summed E-state index contributed by atoms with van der Waals surface area (Å²) in [6.07, 6.45) is 18.6. The van der Waals surface area contributed by atoms with Gasteiger partial charge < -0.3 is 111 Å². The van der Waals surface area contributed by atoms with E-state index in [-0.39, 0.29) is 192 Å². The minimum Gasteiger partial charge on any atom is -0.508 e. The molecule has 0 aliphatic carbocycles. The van der Waals surface area contributed by atoms with Gasteiger partial charge in [-0.05, 0) is 221 Å². The Morgan fingerprint density at radius 3 is 1.08 bits per heavy atom. The molecule has 4 heterocycles. The minimum absolute atomic E-state index is 0.0196. The summed E-state index contributed by atoms with van der Waals surface area (Å²) in [7, 11) is 0. The minimum atomic E-state index is -0.749. The molecule has 0 amide bonds. The van der Waals surface area contributed by atoms with Crippen molar-refractivity contribution in [2.45, 2.75) is 234 Å². The van der Waals surface area contributed by atoms with Gasteiger partial charge in [0.2, 0.25) is 0 Å². The van der Waals surface area contributed by atoms with Crippen molar-refractivity contribution in [1.29, 1.82) is 0 Å². The molecule has 0 unspecified atom stereocenters. The maximum atomic E-state index is 12.8. The van der Waals surface area contributed by atoms with E-state index in [1.165, 1.54) is 65.7 Å². The molecule has 8 aromatic carbocycles. The highest BCUT2D eigenvalue weighted by molar-refractivity contribution is 6.05. The van der Waals surface area contributed by atoms with Crippen molar-refractivity contribution in [2.24, 2.45) is 0 Å². The molecule has 0 radical (unpaired) electrons. The van der Waals surface area contributed by atoms with E-state index in [9.17, 15) is 111 Å². The summed E-state index contributed by atoms with van der Waals surface area (Å²) < 4.78 is 23.5. The molecule has 0 saturated carbocycles. The van der Waals surface area contributed by atoms with Crippen LogP contribution in [0.5, 0.6) is 115 Å². The molecule has 12 rings (SSSR count). The Labute approximate surface area is 732 Å². The summed E-state index contributed by atoms with van der Waals surface area (Å²) in [6.45, 7) is 23.3. The highest BCUT2D eigenvalue weighted by Gasteiger charge is 2.38. The summed E-state index contributed by atoms with van der Waals surface area (Å²) in [6, 6.07) is 21.6. The van der Waals surface area contributed by atoms with Gasteiger partial charge >= 0.3 is 0 Å². The standard InChI is InChI=1S/2C25H30O7.2C25H28O6/c1-14(5-4-10-25(2,3)31)6-7-17-16(8-9-18(27)24(17)30)21-13-20(29)23-19(28)11-15(26)12-22(23)32-21;1-14(5-4-8-25(2,3)31)6-7-15-9-16(10-20(29)24(15)30)21-13-19(28)23-18(27)11-17(26)12-22(23)32-21;1-14(2)5-4-6-15(3)7-9-17-19(27)12-23-24(25(17)30)21(29)13-22(31-23)16-8-10-18(26)20(28)11-16;1-14(2)5-4-6-15(3)7-8-18-17(9-10-19(27)25(18)30)22-13-21(29)24-20(28)11-16(26)12-23(24)31-22/h6,8-9,11-12,21,26-28,30-31H,4-5,7,10,13H2,1-3H3;6,9-12,21,26-27,29-31H,4-5,7-8,13H2,1-3H3;5,7-8,10-12,22,26-28,30H,4,6,9,13H2,1-3H3;5,7,9-12,22,26-28,30H,4,6,8,13H2,1-3H3/b2*14-6+;2*15-7+/t2*21-;2*22-/m0000/s1. The number of carbonyl (C=O) groups excluding carboxylic acids is 4. The van der Waals surface area contributed by atoms with Gasteiger partial charge in [-0.25, -0.2) is 0 Å². The number of carbonyl (C=O) groups is 4. The van der Waals surface area contributed by atoms with Gasteiger partial charge in [-0.1, -0.05) is 88.1 Å². The van der Waals surface area contributed by atoms with E-state index in [2.05, 4.69) is 39.8 Å². The van der Waals surface area contributed by atoms with Crippen LogP contribution in [0, 0.1) is 0 Å². The average Bonchev–Trinajstić information content (AvgIpc) is 0.778. The molecule has 0 spiro atoms. The second-order valence-corrected chi connectivity index (χ2v) is 34.3. The Balaban J connectivity index is 0.000000190. The number of aliphatic hydroxyl groups is 2. The van der Waals surface area contributed by atoms with Crippen molar-refractivity contribution < 1.29 is 130 Å². The lowest BCUT2D eigenvalue weighted by Crippen LogP contribution is -2.21.